The Labute approximate surface area is 192 Å². The van der Waals surface area contributed by atoms with E-state index in [9.17, 15) is 0 Å². The first-order chi connectivity index (χ1) is 16.3. The van der Waals surface area contributed by atoms with Crippen molar-refractivity contribution in [3.8, 4) is 17.2 Å². The number of nitrogens with zero attached hydrogens (tertiary/aromatic N) is 6. The minimum absolute atomic E-state index is 0.246. The third-order valence-corrected chi connectivity index (χ3v) is 5.86. The number of tetrazole rings is 1. The number of aromatic nitrogens is 5. The first-order valence-corrected chi connectivity index (χ1v) is 11.1. The van der Waals surface area contributed by atoms with Gasteiger partial charge in [0.05, 0.1) is 18.9 Å². The van der Waals surface area contributed by atoms with Crippen LogP contribution < -0.4 is 14.4 Å². The molecule has 0 unspecified atom stereocenters. The zero-order valence-electron chi connectivity index (χ0n) is 18.5. The SMILES string of the molecule is COc1ccc(N(Cc2cccnc2)c2ccc(-n3ncnn3)cc2)cc1OC1CCCC1. The molecule has 0 N–H and O–H groups in total. The highest BCUT2D eigenvalue weighted by atomic mass is 16.5. The van der Waals surface area contributed by atoms with Gasteiger partial charge < -0.3 is 14.4 Å². The van der Waals surface area contributed by atoms with E-state index in [2.05, 4.69) is 55.6 Å². The summed E-state index contributed by atoms with van der Waals surface area (Å²) in [7, 11) is 1.68. The number of anilines is 2. The molecule has 33 heavy (non-hydrogen) atoms. The fourth-order valence-corrected chi connectivity index (χ4v) is 4.17. The van der Waals surface area contributed by atoms with Gasteiger partial charge in [0.2, 0.25) is 0 Å². The Morgan fingerprint density at radius 3 is 2.52 bits per heavy atom. The van der Waals surface area contributed by atoms with Crippen molar-refractivity contribution in [3.05, 3.63) is 78.9 Å². The second-order valence-electron chi connectivity index (χ2n) is 8.05. The van der Waals surface area contributed by atoms with Gasteiger partial charge in [0.15, 0.2) is 17.8 Å². The van der Waals surface area contributed by atoms with Crippen LogP contribution in [0.2, 0.25) is 0 Å². The molecule has 2 aromatic heterocycles. The van der Waals surface area contributed by atoms with Gasteiger partial charge in [-0.1, -0.05) is 6.07 Å². The molecule has 0 spiro atoms. The molecule has 0 atom stereocenters. The van der Waals surface area contributed by atoms with Gasteiger partial charge in [0, 0.05) is 36.4 Å². The monoisotopic (exact) mass is 442 g/mol. The number of pyridine rings is 1. The van der Waals surface area contributed by atoms with Crippen LogP contribution in [-0.2, 0) is 6.54 Å². The Balaban J connectivity index is 1.50. The Kier molecular flexibility index (Phi) is 6.14. The molecule has 8 nitrogen and oxygen atoms in total. The maximum atomic E-state index is 6.35. The van der Waals surface area contributed by atoms with E-state index in [-0.39, 0.29) is 6.10 Å². The molecular weight excluding hydrogens is 416 g/mol. The normalized spacial score (nSPS) is 13.7. The van der Waals surface area contributed by atoms with Crippen molar-refractivity contribution in [1.29, 1.82) is 0 Å². The first-order valence-electron chi connectivity index (χ1n) is 11.1. The predicted molar refractivity (Wildman–Crippen MR) is 125 cm³/mol. The number of ether oxygens (including phenoxy) is 2. The van der Waals surface area contributed by atoms with Gasteiger partial charge in [0.1, 0.15) is 0 Å². The van der Waals surface area contributed by atoms with Crippen molar-refractivity contribution >= 4 is 11.4 Å². The summed E-state index contributed by atoms with van der Waals surface area (Å²) >= 11 is 0. The van der Waals surface area contributed by atoms with Crippen molar-refractivity contribution < 1.29 is 9.47 Å². The molecule has 1 aliphatic rings. The minimum Gasteiger partial charge on any atom is -0.493 e. The molecule has 1 aliphatic carbocycles. The van der Waals surface area contributed by atoms with E-state index in [0.29, 0.717) is 6.54 Å². The van der Waals surface area contributed by atoms with E-state index in [0.717, 1.165) is 47.0 Å². The van der Waals surface area contributed by atoms with Crippen molar-refractivity contribution in [2.45, 2.75) is 38.3 Å². The fourth-order valence-electron chi connectivity index (χ4n) is 4.17. The Bertz CT molecular complexity index is 1160. The Morgan fingerprint density at radius 1 is 1.00 bits per heavy atom. The smallest absolute Gasteiger partial charge is 0.163 e. The van der Waals surface area contributed by atoms with Crippen LogP contribution >= 0.6 is 0 Å². The van der Waals surface area contributed by atoms with Crippen molar-refractivity contribution in [3.63, 3.8) is 0 Å². The van der Waals surface area contributed by atoms with Crippen LogP contribution in [0.15, 0.2) is 73.3 Å². The number of hydrogen-bond acceptors (Lipinski definition) is 7. The molecular formula is C25H26N6O2. The second kappa shape index (κ2) is 9.68. The Hall–Kier alpha value is -3.94. The summed E-state index contributed by atoms with van der Waals surface area (Å²) in [5.74, 6) is 1.53. The predicted octanol–water partition coefficient (Wildman–Crippen LogP) is 4.73. The maximum Gasteiger partial charge on any atom is 0.163 e. The van der Waals surface area contributed by atoms with Gasteiger partial charge >= 0.3 is 0 Å². The molecule has 1 fully saturated rings. The average molecular weight is 443 g/mol. The zero-order chi connectivity index (χ0) is 22.5. The molecule has 4 aromatic rings. The maximum absolute atomic E-state index is 6.35. The topological polar surface area (TPSA) is 78.2 Å². The van der Waals surface area contributed by atoms with Crippen molar-refractivity contribution in [2.24, 2.45) is 0 Å². The largest absolute Gasteiger partial charge is 0.493 e. The zero-order valence-corrected chi connectivity index (χ0v) is 18.5. The summed E-state index contributed by atoms with van der Waals surface area (Å²) in [5.41, 5.74) is 3.99. The quantitative estimate of drug-likeness (QED) is 0.390. The molecule has 5 rings (SSSR count). The van der Waals surface area contributed by atoms with Crippen LogP contribution in [0, 0.1) is 0 Å². The van der Waals surface area contributed by atoms with E-state index in [4.69, 9.17) is 9.47 Å². The van der Waals surface area contributed by atoms with Gasteiger partial charge in [-0.3, -0.25) is 4.98 Å². The van der Waals surface area contributed by atoms with Crippen LogP contribution in [0.5, 0.6) is 11.5 Å². The highest BCUT2D eigenvalue weighted by molar-refractivity contribution is 5.67. The lowest BCUT2D eigenvalue weighted by Gasteiger charge is -2.27. The van der Waals surface area contributed by atoms with E-state index in [1.807, 2.05) is 30.5 Å². The second-order valence-corrected chi connectivity index (χ2v) is 8.05. The lowest BCUT2D eigenvalue weighted by atomic mass is 10.1. The van der Waals surface area contributed by atoms with Gasteiger partial charge in [-0.25, -0.2) is 0 Å². The van der Waals surface area contributed by atoms with Crippen LogP contribution in [0.3, 0.4) is 0 Å². The molecule has 0 saturated heterocycles. The highest BCUT2D eigenvalue weighted by Gasteiger charge is 2.20. The molecule has 0 aliphatic heterocycles. The van der Waals surface area contributed by atoms with Crippen molar-refractivity contribution in [1.82, 2.24) is 25.2 Å². The molecule has 0 radical (unpaired) electrons. The fraction of sp³-hybridized carbons (Fsp3) is 0.280. The molecule has 2 aromatic carbocycles. The summed E-state index contributed by atoms with van der Waals surface area (Å²) < 4.78 is 11.9. The summed E-state index contributed by atoms with van der Waals surface area (Å²) in [4.78, 5) is 8.02. The molecule has 2 heterocycles. The van der Waals surface area contributed by atoms with Crippen molar-refractivity contribution in [2.75, 3.05) is 12.0 Å². The average Bonchev–Trinajstić information content (AvgIpc) is 3.58. The third-order valence-electron chi connectivity index (χ3n) is 5.86. The van der Waals surface area contributed by atoms with Gasteiger partial charge in [-0.15, -0.1) is 15.0 Å². The van der Waals surface area contributed by atoms with Crippen LogP contribution in [0.4, 0.5) is 11.4 Å². The number of benzene rings is 2. The summed E-state index contributed by atoms with van der Waals surface area (Å²) in [5, 5.41) is 11.9. The standard InChI is InChI=1S/C25H26N6O2/c1-32-24-13-12-22(15-25(24)33-23-6-2-3-7-23)30(17-19-5-4-14-26-16-19)20-8-10-21(11-9-20)31-28-18-27-29-31/h4-5,8-16,18,23H,2-3,6-7,17H2,1H3. The number of methoxy groups -OCH3 is 1. The van der Waals surface area contributed by atoms with Crippen LogP contribution in [0.25, 0.3) is 5.69 Å². The van der Waals surface area contributed by atoms with Crippen LogP contribution in [0.1, 0.15) is 31.2 Å². The van der Waals surface area contributed by atoms with E-state index >= 15 is 0 Å². The first kappa shape index (κ1) is 20.9. The van der Waals surface area contributed by atoms with Gasteiger partial charge in [0.25, 0.3) is 0 Å². The lowest BCUT2D eigenvalue weighted by Crippen LogP contribution is -2.17. The molecule has 8 heteroatoms. The van der Waals surface area contributed by atoms with E-state index in [1.54, 1.807) is 13.3 Å². The lowest BCUT2D eigenvalue weighted by molar-refractivity contribution is 0.201. The van der Waals surface area contributed by atoms with Crippen LogP contribution in [-0.4, -0.2) is 38.4 Å². The van der Waals surface area contributed by atoms with Gasteiger partial charge in [-0.2, -0.15) is 0 Å². The summed E-state index contributed by atoms with van der Waals surface area (Å²) in [6, 6.07) is 18.2. The number of rotatable bonds is 8. The van der Waals surface area contributed by atoms with E-state index < -0.39 is 0 Å². The molecule has 0 amide bonds. The highest BCUT2D eigenvalue weighted by Crippen LogP contribution is 2.37. The molecule has 168 valence electrons. The van der Waals surface area contributed by atoms with Gasteiger partial charge in [-0.05, 0) is 78.9 Å². The molecule has 0 bridgehead atoms. The third kappa shape index (κ3) is 4.79. The van der Waals surface area contributed by atoms with E-state index in [1.165, 1.54) is 24.0 Å². The minimum atomic E-state index is 0.246. The summed E-state index contributed by atoms with van der Waals surface area (Å²) in [6.45, 7) is 0.657. The summed E-state index contributed by atoms with van der Waals surface area (Å²) in [6.07, 6.45) is 9.95. The Morgan fingerprint density at radius 2 is 1.82 bits per heavy atom. The molecule has 1 saturated carbocycles. The number of hydrogen-bond donors (Lipinski definition) is 0.